The molecule has 3 heteroatoms. The molecule has 3 rings (SSSR count). The maximum atomic E-state index is 12.3. The maximum Gasteiger partial charge on any atom is 0.245 e. The zero-order valence-electron chi connectivity index (χ0n) is 12.3. The summed E-state index contributed by atoms with van der Waals surface area (Å²) in [6.45, 7) is 0. The molecular weight excluding hydrogens is 304 g/mol. The van der Waals surface area contributed by atoms with Crippen LogP contribution in [0, 0.1) is 11.2 Å². The Hall–Kier alpha value is -2.83. The Bertz CT molecular complexity index is 964. The Morgan fingerprint density at radius 1 is 0.652 bits per heavy atom. The van der Waals surface area contributed by atoms with Crippen molar-refractivity contribution in [1.82, 2.24) is 0 Å². The predicted molar refractivity (Wildman–Crippen MR) is 92.4 cm³/mol. The van der Waals surface area contributed by atoms with Crippen LogP contribution in [0.1, 0.15) is 5.56 Å². The molecule has 0 amide bonds. The molecule has 0 fully saturated rings. The van der Waals surface area contributed by atoms with Gasteiger partial charge in [0.15, 0.2) is 0 Å². The average molecular weight is 318 g/mol. The summed E-state index contributed by atoms with van der Waals surface area (Å²) in [5, 5.41) is 2.42. The fourth-order valence-electron chi connectivity index (χ4n) is 2.24. The lowest BCUT2D eigenvalue weighted by atomic mass is 10.0. The standard InChI is InChI=1S/C20H14O2S/c21-23(22,19-12-5-2-6-13-19)16-15-18-11-7-8-14-20(18)17-9-3-1-4-10-17/h1-14H. The van der Waals surface area contributed by atoms with Gasteiger partial charge in [-0.05, 0) is 35.2 Å². The Morgan fingerprint density at radius 2 is 1.22 bits per heavy atom. The van der Waals surface area contributed by atoms with Gasteiger partial charge in [-0.15, -0.1) is 0 Å². The SMILES string of the molecule is O=S(=O)(C#Cc1ccccc1-c1ccccc1)c1ccccc1. The minimum atomic E-state index is -3.62. The van der Waals surface area contributed by atoms with Gasteiger partial charge in [-0.2, -0.15) is 0 Å². The third-order valence-electron chi connectivity index (χ3n) is 3.39. The number of hydrogen-bond donors (Lipinski definition) is 0. The molecule has 0 saturated heterocycles. The fourth-order valence-corrected chi connectivity index (χ4v) is 3.12. The molecule has 0 aliphatic rings. The predicted octanol–water partition coefficient (Wildman–Crippen LogP) is 4.14. The first-order valence-electron chi connectivity index (χ1n) is 7.14. The zero-order valence-corrected chi connectivity index (χ0v) is 13.1. The molecule has 112 valence electrons. The Labute approximate surface area is 136 Å². The van der Waals surface area contributed by atoms with Crippen molar-refractivity contribution in [2.45, 2.75) is 4.90 Å². The molecule has 0 aliphatic heterocycles. The lowest BCUT2D eigenvalue weighted by Crippen LogP contribution is -1.96. The van der Waals surface area contributed by atoms with E-state index >= 15 is 0 Å². The van der Waals surface area contributed by atoms with Crippen molar-refractivity contribution in [1.29, 1.82) is 0 Å². The van der Waals surface area contributed by atoms with E-state index in [9.17, 15) is 8.42 Å². The van der Waals surface area contributed by atoms with Gasteiger partial charge in [0, 0.05) is 10.8 Å². The molecule has 23 heavy (non-hydrogen) atoms. The lowest BCUT2D eigenvalue weighted by Gasteiger charge is -2.04. The molecule has 2 nitrogen and oxygen atoms in total. The van der Waals surface area contributed by atoms with Gasteiger partial charge in [0.05, 0.1) is 4.90 Å². The van der Waals surface area contributed by atoms with Crippen LogP contribution >= 0.6 is 0 Å². The summed E-state index contributed by atoms with van der Waals surface area (Å²) in [6, 6.07) is 25.6. The van der Waals surface area contributed by atoms with Crippen molar-refractivity contribution in [2.75, 3.05) is 0 Å². The summed E-state index contributed by atoms with van der Waals surface area (Å²) in [7, 11) is -3.62. The Kier molecular flexibility index (Phi) is 4.27. The molecule has 3 aromatic carbocycles. The summed E-state index contributed by atoms with van der Waals surface area (Å²) < 4.78 is 24.6. The van der Waals surface area contributed by atoms with Crippen molar-refractivity contribution in [3.05, 3.63) is 90.5 Å². The molecule has 0 saturated carbocycles. The highest BCUT2D eigenvalue weighted by Gasteiger charge is 2.09. The molecule has 0 heterocycles. The molecule has 0 atom stereocenters. The van der Waals surface area contributed by atoms with Crippen LogP contribution in [0.15, 0.2) is 89.8 Å². The van der Waals surface area contributed by atoms with Gasteiger partial charge in [-0.3, -0.25) is 0 Å². The largest absolute Gasteiger partial charge is 0.245 e. The molecule has 0 unspecified atom stereocenters. The second-order valence-corrected chi connectivity index (χ2v) is 6.64. The second-order valence-electron chi connectivity index (χ2n) is 4.96. The van der Waals surface area contributed by atoms with E-state index < -0.39 is 9.84 Å². The number of benzene rings is 3. The van der Waals surface area contributed by atoms with E-state index in [-0.39, 0.29) is 4.90 Å². The number of sulfone groups is 1. The number of hydrogen-bond acceptors (Lipinski definition) is 2. The van der Waals surface area contributed by atoms with E-state index in [0.29, 0.717) is 5.56 Å². The van der Waals surface area contributed by atoms with Gasteiger partial charge in [0.1, 0.15) is 0 Å². The molecular formula is C20H14O2S. The van der Waals surface area contributed by atoms with Crippen LogP contribution < -0.4 is 0 Å². The van der Waals surface area contributed by atoms with Gasteiger partial charge in [0.25, 0.3) is 0 Å². The summed E-state index contributed by atoms with van der Waals surface area (Å²) in [5.41, 5.74) is 2.62. The van der Waals surface area contributed by atoms with Gasteiger partial charge < -0.3 is 0 Å². The van der Waals surface area contributed by atoms with Gasteiger partial charge in [0.2, 0.25) is 9.84 Å². The summed E-state index contributed by atoms with van der Waals surface area (Å²) in [6.07, 6.45) is 0. The molecule has 0 N–H and O–H groups in total. The molecule has 0 aliphatic carbocycles. The highest BCUT2D eigenvalue weighted by Crippen LogP contribution is 2.22. The molecule has 0 bridgehead atoms. The van der Waals surface area contributed by atoms with Gasteiger partial charge in [-0.1, -0.05) is 66.7 Å². The van der Waals surface area contributed by atoms with Crippen molar-refractivity contribution < 1.29 is 8.42 Å². The zero-order chi connectivity index (χ0) is 16.1. The summed E-state index contributed by atoms with van der Waals surface area (Å²) in [5.74, 6) is 2.81. The van der Waals surface area contributed by atoms with Crippen LogP contribution in [0.25, 0.3) is 11.1 Å². The highest BCUT2D eigenvalue weighted by molar-refractivity contribution is 7.96. The minimum absolute atomic E-state index is 0.213. The van der Waals surface area contributed by atoms with Crippen molar-refractivity contribution in [3.8, 4) is 22.3 Å². The van der Waals surface area contributed by atoms with Crippen molar-refractivity contribution >= 4 is 9.84 Å². The van der Waals surface area contributed by atoms with Crippen LogP contribution in [-0.2, 0) is 9.84 Å². The van der Waals surface area contributed by atoms with E-state index in [2.05, 4.69) is 11.2 Å². The lowest BCUT2D eigenvalue weighted by molar-refractivity contribution is 0.606. The molecule has 0 radical (unpaired) electrons. The second kappa shape index (κ2) is 6.51. The molecule has 0 spiro atoms. The summed E-state index contributed by atoms with van der Waals surface area (Å²) in [4.78, 5) is 0.213. The van der Waals surface area contributed by atoms with E-state index in [1.165, 1.54) is 0 Å². The van der Waals surface area contributed by atoms with Gasteiger partial charge >= 0.3 is 0 Å². The van der Waals surface area contributed by atoms with Crippen LogP contribution in [0.3, 0.4) is 0 Å². The maximum absolute atomic E-state index is 12.3. The van der Waals surface area contributed by atoms with Crippen molar-refractivity contribution in [3.63, 3.8) is 0 Å². The van der Waals surface area contributed by atoms with E-state index in [1.54, 1.807) is 30.3 Å². The Balaban J connectivity index is 2.03. The monoisotopic (exact) mass is 318 g/mol. The highest BCUT2D eigenvalue weighted by atomic mass is 32.2. The van der Waals surface area contributed by atoms with Crippen LogP contribution in [0.2, 0.25) is 0 Å². The smallest absolute Gasteiger partial charge is 0.210 e. The molecule has 3 aromatic rings. The number of rotatable bonds is 2. The van der Waals surface area contributed by atoms with E-state index in [4.69, 9.17) is 0 Å². The molecule has 0 aromatic heterocycles. The third-order valence-corrected chi connectivity index (χ3v) is 4.65. The first-order valence-corrected chi connectivity index (χ1v) is 8.62. The van der Waals surface area contributed by atoms with Gasteiger partial charge in [-0.25, -0.2) is 8.42 Å². The van der Waals surface area contributed by atoms with E-state index in [1.807, 2.05) is 54.6 Å². The van der Waals surface area contributed by atoms with Crippen LogP contribution in [0.4, 0.5) is 0 Å². The topological polar surface area (TPSA) is 34.1 Å². The fraction of sp³-hybridized carbons (Fsp3) is 0. The first-order chi connectivity index (χ1) is 11.2. The van der Waals surface area contributed by atoms with Crippen LogP contribution in [-0.4, -0.2) is 8.42 Å². The van der Waals surface area contributed by atoms with E-state index in [0.717, 1.165) is 11.1 Å². The average Bonchev–Trinajstić information content (AvgIpc) is 2.62. The summed E-state index contributed by atoms with van der Waals surface area (Å²) >= 11 is 0. The minimum Gasteiger partial charge on any atom is -0.210 e. The third kappa shape index (κ3) is 3.50. The Morgan fingerprint density at radius 3 is 1.91 bits per heavy atom. The first kappa shape index (κ1) is 15.1. The quantitative estimate of drug-likeness (QED) is 0.666. The normalized spacial score (nSPS) is 10.6. The van der Waals surface area contributed by atoms with Crippen LogP contribution in [0.5, 0.6) is 0 Å². The van der Waals surface area contributed by atoms with Crippen molar-refractivity contribution in [2.24, 2.45) is 0 Å².